The highest BCUT2D eigenvalue weighted by Crippen LogP contribution is 2.38. The van der Waals surface area contributed by atoms with Crippen molar-refractivity contribution in [2.45, 2.75) is 33.4 Å². The second-order valence-electron chi connectivity index (χ2n) is 10.1. The predicted molar refractivity (Wildman–Crippen MR) is 178 cm³/mol. The quantitative estimate of drug-likeness (QED) is 0.185. The van der Waals surface area contributed by atoms with Crippen molar-refractivity contribution in [1.82, 2.24) is 4.57 Å². The van der Waals surface area contributed by atoms with Crippen LogP contribution in [0.25, 0.3) is 6.08 Å². The van der Waals surface area contributed by atoms with Gasteiger partial charge >= 0.3 is 5.97 Å². The monoisotopic (exact) mass is 673 g/mol. The van der Waals surface area contributed by atoms with E-state index in [2.05, 4.69) is 11.1 Å². The third-order valence-electron chi connectivity index (χ3n) is 7.15. The van der Waals surface area contributed by atoms with Crippen molar-refractivity contribution in [3.05, 3.63) is 113 Å². The first-order valence-electron chi connectivity index (χ1n) is 14.9. The first kappa shape index (κ1) is 33.3. The number of ether oxygens (including phenoxy) is 5. The molecule has 12 heteroatoms. The molecule has 2 heterocycles. The van der Waals surface area contributed by atoms with Crippen molar-refractivity contribution in [2.75, 3.05) is 26.9 Å². The largest absolute Gasteiger partial charge is 0.490 e. The molecule has 0 saturated carbocycles. The first-order chi connectivity index (χ1) is 22.8. The van der Waals surface area contributed by atoms with Crippen LogP contribution in [-0.4, -0.2) is 37.5 Å². The van der Waals surface area contributed by atoms with E-state index in [0.717, 1.165) is 0 Å². The van der Waals surface area contributed by atoms with Crippen LogP contribution in [0.2, 0.25) is 5.02 Å². The zero-order chi connectivity index (χ0) is 33.5. The summed E-state index contributed by atoms with van der Waals surface area (Å²) in [7, 11) is 1.28. The number of thiazole rings is 1. The van der Waals surface area contributed by atoms with Gasteiger partial charge in [-0.25, -0.2) is 9.79 Å². The summed E-state index contributed by atoms with van der Waals surface area (Å²) in [5.74, 6) is 1.14. The fraction of sp³-hybridized carbons (Fsp3) is 0.257. The molecule has 0 bridgehead atoms. The molecule has 10 nitrogen and oxygen atoms in total. The number of esters is 1. The number of methoxy groups -OCH3 is 1. The lowest BCUT2D eigenvalue weighted by Gasteiger charge is -2.23. The van der Waals surface area contributed by atoms with Crippen molar-refractivity contribution in [3.8, 4) is 29.1 Å². The van der Waals surface area contributed by atoms with Gasteiger partial charge in [0.2, 0.25) is 0 Å². The van der Waals surface area contributed by atoms with Crippen LogP contribution in [0.15, 0.2) is 76.2 Å². The lowest BCUT2D eigenvalue weighted by molar-refractivity contribution is -0.136. The van der Waals surface area contributed by atoms with Crippen LogP contribution in [0, 0.1) is 11.3 Å². The SMILES string of the molecule is CCOc1ccc([C@@H]2C(C(=O)OC)=CN=c3s/c(=C\c4cc(Cl)c(OCc5ccccc5C#N)c(OCC)c4)c(=O)n32)cc1OCC. The van der Waals surface area contributed by atoms with Gasteiger partial charge in [0.05, 0.1) is 59.7 Å². The maximum absolute atomic E-state index is 14.1. The van der Waals surface area contributed by atoms with Crippen molar-refractivity contribution in [3.63, 3.8) is 0 Å². The van der Waals surface area contributed by atoms with E-state index < -0.39 is 12.0 Å². The summed E-state index contributed by atoms with van der Waals surface area (Å²) in [6, 6.07) is 17.2. The standard InChI is InChI=1S/C35H32ClN3O7S/c1-5-43-27-13-12-22(17-28(27)44-6-2)31-25(34(41)42-4)19-38-35-39(31)33(40)30(47-35)16-21-14-26(36)32(29(15-21)45-7-3)46-20-24-11-9-8-10-23(24)18-37/h8-17,19,31H,5-7,20H2,1-4H3/b30-16-/t31-/m1/s1. The van der Waals surface area contributed by atoms with Crippen LogP contribution < -0.4 is 33.8 Å². The lowest BCUT2D eigenvalue weighted by atomic mass is 9.97. The minimum Gasteiger partial charge on any atom is -0.490 e. The Bertz CT molecular complexity index is 2060. The molecule has 3 aromatic carbocycles. The molecule has 1 atom stereocenters. The molecule has 0 amide bonds. The van der Waals surface area contributed by atoms with Gasteiger partial charge in [-0.05, 0) is 68.3 Å². The molecule has 47 heavy (non-hydrogen) atoms. The summed E-state index contributed by atoms with van der Waals surface area (Å²) in [6.07, 6.45) is 3.12. The van der Waals surface area contributed by atoms with Crippen LogP contribution >= 0.6 is 22.9 Å². The third-order valence-corrected chi connectivity index (χ3v) is 8.43. The van der Waals surface area contributed by atoms with Gasteiger partial charge in [0, 0.05) is 11.8 Å². The van der Waals surface area contributed by atoms with E-state index in [1.54, 1.807) is 48.5 Å². The van der Waals surface area contributed by atoms with E-state index in [4.69, 9.17) is 35.3 Å². The van der Waals surface area contributed by atoms with E-state index >= 15 is 0 Å². The predicted octanol–water partition coefficient (Wildman–Crippen LogP) is 5.32. The van der Waals surface area contributed by atoms with E-state index in [1.807, 2.05) is 32.9 Å². The number of carbonyl (C=O) groups excluding carboxylic acids is 1. The summed E-state index contributed by atoms with van der Waals surface area (Å²) >= 11 is 7.87. The third kappa shape index (κ3) is 7.04. The molecule has 1 aliphatic heterocycles. The Morgan fingerprint density at radius 1 is 1.00 bits per heavy atom. The molecule has 242 valence electrons. The second-order valence-corrected chi connectivity index (χ2v) is 11.5. The maximum Gasteiger partial charge on any atom is 0.337 e. The van der Waals surface area contributed by atoms with Crippen molar-refractivity contribution < 1.29 is 28.5 Å². The minimum atomic E-state index is -0.828. The summed E-state index contributed by atoms with van der Waals surface area (Å²) in [5, 5.41) is 9.71. The zero-order valence-electron chi connectivity index (χ0n) is 26.2. The van der Waals surface area contributed by atoms with Gasteiger partial charge in [-0.3, -0.25) is 9.36 Å². The number of nitrogens with zero attached hydrogens (tertiary/aromatic N) is 3. The molecule has 0 unspecified atom stereocenters. The molecule has 4 aromatic rings. The van der Waals surface area contributed by atoms with Crippen LogP contribution in [0.4, 0.5) is 0 Å². The number of fused-ring (bicyclic) bond motifs is 1. The highest BCUT2D eigenvalue weighted by atomic mass is 35.5. The Morgan fingerprint density at radius 2 is 1.72 bits per heavy atom. The number of carbonyl (C=O) groups is 1. The summed E-state index contributed by atoms with van der Waals surface area (Å²) in [6.45, 7) is 6.87. The smallest absolute Gasteiger partial charge is 0.337 e. The average Bonchev–Trinajstić information content (AvgIpc) is 3.39. The number of rotatable bonds is 12. The molecule has 0 saturated heterocycles. The molecule has 1 aliphatic rings. The number of aromatic nitrogens is 1. The maximum atomic E-state index is 14.1. The summed E-state index contributed by atoms with van der Waals surface area (Å²) in [5.41, 5.74) is 2.26. The highest BCUT2D eigenvalue weighted by Gasteiger charge is 2.31. The van der Waals surface area contributed by atoms with Gasteiger partial charge in [-0.15, -0.1) is 0 Å². The normalized spacial score (nSPS) is 13.9. The summed E-state index contributed by atoms with van der Waals surface area (Å²) < 4.78 is 30.3. The van der Waals surface area contributed by atoms with Crippen LogP contribution in [0.5, 0.6) is 23.0 Å². The van der Waals surface area contributed by atoms with Gasteiger partial charge in [0.15, 0.2) is 27.8 Å². The van der Waals surface area contributed by atoms with Gasteiger partial charge in [-0.2, -0.15) is 5.26 Å². The Labute approximate surface area is 280 Å². The topological polar surface area (TPSA) is 121 Å². The Morgan fingerprint density at radius 3 is 2.45 bits per heavy atom. The second kappa shape index (κ2) is 15.0. The van der Waals surface area contributed by atoms with Gasteiger partial charge in [-0.1, -0.05) is 47.2 Å². The number of halogens is 1. The Balaban J connectivity index is 1.58. The molecular weight excluding hydrogens is 642 g/mol. The van der Waals surface area contributed by atoms with Crippen molar-refractivity contribution in [2.24, 2.45) is 4.99 Å². The fourth-order valence-corrected chi connectivity index (χ4v) is 6.36. The van der Waals surface area contributed by atoms with Crippen LogP contribution in [0.1, 0.15) is 49.1 Å². The molecular formula is C35H32ClN3O7S. The Kier molecular flexibility index (Phi) is 10.7. The average molecular weight is 674 g/mol. The number of nitriles is 1. The molecule has 0 fully saturated rings. The summed E-state index contributed by atoms with van der Waals surface area (Å²) in [4.78, 5) is 31.8. The van der Waals surface area contributed by atoms with Crippen LogP contribution in [0.3, 0.4) is 0 Å². The van der Waals surface area contributed by atoms with Gasteiger partial charge < -0.3 is 23.7 Å². The van der Waals surface area contributed by atoms with Gasteiger partial charge in [0.1, 0.15) is 6.61 Å². The van der Waals surface area contributed by atoms with Crippen LogP contribution in [-0.2, 0) is 16.1 Å². The van der Waals surface area contributed by atoms with E-state index in [1.165, 1.54) is 29.2 Å². The molecule has 5 rings (SSSR count). The zero-order valence-corrected chi connectivity index (χ0v) is 27.8. The Hall–Kier alpha value is -5.05. The van der Waals surface area contributed by atoms with E-state index in [9.17, 15) is 14.9 Å². The van der Waals surface area contributed by atoms with E-state index in [0.29, 0.717) is 74.4 Å². The molecule has 0 N–H and O–H groups in total. The highest BCUT2D eigenvalue weighted by molar-refractivity contribution is 7.07. The number of benzene rings is 3. The fourth-order valence-electron chi connectivity index (χ4n) is 5.12. The van der Waals surface area contributed by atoms with Gasteiger partial charge in [0.25, 0.3) is 5.56 Å². The molecule has 0 spiro atoms. The number of hydrogen-bond donors (Lipinski definition) is 0. The first-order valence-corrected chi connectivity index (χ1v) is 16.1. The van der Waals surface area contributed by atoms with Crippen molar-refractivity contribution in [1.29, 1.82) is 5.26 Å². The molecule has 1 aromatic heterocycles. The lowest BCUT2D eigenvalue weighted by Crippen LogP contribution is -2.39. The number of hydrogen-bond acceptors (Lipinski definition) is 10. The van der Waals surface area contributed by atoms with Crippen molar-refractivity contribution >= 4 is 35.0 Å². The minimum absolute atomic E-state index is 0.112. The van der Waals surface area contributed by atoms with E-state index in [-0.39, 0.29) is 22.8 Å². The molecule has 0 radical (unpaired) electrons. The molecule has 0 aliphatic carbocycles.